The van der Waals surface area contributed by atoms with Gasteiger partial charge in [0.25, 0.3) is 0 Å². The van der Waals surface area contributed by atoms with E-state index in [-0.39, 0.29) is 29.1 Å². The summed E-state index contributed by atoms with van der Waals surface area (Å²) in [6.45, 7) is -0.115. The predicted molar refractivity (Wildman–Crippen MR) is 46.8 cm³/mol. The lowest BCUT2D eigenvalue weighted by atomic mass is 10.0. The maximum atomic E-state index is 13.5. The summed E-state index contributed by atoms with van der Waals surface area (Å²) in [5.74, 6) is -0.648. The molecule has 1 aliphatic heterocycles. The molecule has 0 bridgehead atoms. The van der Waals surface area contributed by atoms with Crippen LogP contribution in [0.2, 0.25) is 0 Å². The second kappa shape index (κ2) is 3.38. The molecule has 1 aromatic rings. The molecule has 1 heterocycles. The molecule has 0 spiro atoms. The van der Waals surface area contributed by atoms with E-state index in [2.05, 4.69) is 0 Å². The Kier molecular flexibility index (Phi) is 2.21. The van der Waals surface area contributed by atoms with Crippen molar-refractivity contribution in [3.63, 3.8) is 0 Å². The fraction of sp³-hybridized carbons (Fsp3) is 0.300. The van der Waals surface area contributed by atoms with Gasteiger partial charge >= 0.3 is 0 Å². The molecule has 1 aliphatic rings. The first-order valence-corrected chi connectivity index (χ1v) is 4.32. The molecular weight excluding hydrogens is 187 g/mol. The topological polar surface area (TPSA) is 46.5 Å². The number of ketones is 1. The molecule has 0 aromatic heterocycles. The van der Waals surface area contributed by atoms with Gasteiger partial charge in [-0.1, -0.05) is 6.07 Å². The second-order valence-electron chi connectivity index (χ2n) is 3.09. The Balaban J connectivity index is 2.60. The molecule has 14 heavy (non-hydrogen) atoms. The molecule has 0 amide bonds. The highest BCUT2D eigenvalue weighted by molar-refractivity contribution is 6.00. The Morgan fingerprint density at radius 3 is 3.00 bits per heavy atom. The summed E-state index contributed by atoms with van der Waals surface area (Å²) in [7, 11) is 0. The highest BCUT2D eigenvalue weighted by Crippen LogP contribution is 2.28. The second-order valence-corrected chi connectivity index (χ2v) is 3.09. The molecule has 0 saturated heterocycles. The molecule has 2 rings (SSSR count). The Hall–Kier alpha value is -1.42. The van der Waals surface area contributed by atoms with Gasteiger partial charge in [0.2, 0.25) is 0 Å². The largest absolute Gasteiger partial charge is 0.492 e. The smallest absolute Gasteiger partial charge is 0.172 e. The van der Waals surface area contributed by atoms with Crippen LogP contribution in [0.15, 0.2) is 12.1 Å². The maximum absolute atomic E-state index is 13.5. The van der Waals surface area contributed by atoms with Gasteiger partial charge in [-0.25, -0.2) is 4.39 Å². The first-order valence-electron chi connectivity index (χ1n) is 4.32. The van der Waals surface area contributed by atoms with Crippen LogP contribution in [-0.2, 0) is 6.61 Å². The van der Waals surface area contributed by atoms with Crippen LogP contribution in [-0.4, -0.2) is 17.5 Å². The Bertz CT molecular complexity index is 387. The highest BCUT2D eigenvalue weighted by atomic mass is 19.1. The standard InChI is InChI=1S/C10H9FO3/c11-10-6(5-12)1-2-8-9(10)7(13)3-4-14-8/h1-2,12H,3-5H2. The molecule has 1 aromatic carbocycles. The van der Waals surface area contributed by atoms with Crippen molar-refractivity contribution in [1.29, 1.82) is 0 Å². The first kappa shape index (κ1) is 9.15. The van der Waals surface area contributed by atoms with Crippen molar-refractivity contribution < 1.29 is 19.0 Å². The van der Waals surface area contributed by atoms with Gasteiger partial charge in [0.05, 0.1) is 18.8 Å². The Labute approximate surface area is 80.1 Å². The zero-order valence-corrected chi connectivity index (χ0v) is 7.42. The third-order valence-electron chi connectivity index (χ3n) is 2.22. The fourth-order valence-corrected chi connectivity index (χ4v) is 1.48. The Morgan fingerprint density at radius 2 is 2.29 bits per heavy atom. The third-order valence-corrected chi connectivity index (χ3v) is 2.22. The molecule has 0 unspecified atom stereocenters. The summed E-state index contributed by atoms with van der Waals surface area (Å²) in [4.78, 5) is 11.4. The van der Waals surface area contributed by atoms with Crippen LogP contribution in [0.25, 0.3) is 0 Å². The molecule has 0 atom stereocenters. The summed E-state index contributed by atoms with van der Waals surface area (Å²) in [5.41, 5.74) is 0.102. The number of ether oxygens (including phenoxy) is 1. The number of halogens is 1. The summed E-state index contributed by atoms with van der Waals surface area (Å²) in [6, 6.07) is 2.94. The van der Waals surface area contributed by atoms with Gasteiger partial charge in [0, 0.05) is 12.0 Å². The van der Waals surface area contributed by atoms with Gasteiger partial charge in [0.1, 0.15) is 11.6 Å². The van der Waals surface area contributed by atoms with Crippen molar-refractivity contribution >= 4 is 5.78 Å². The van der Waals surface area contributed by atoms with Crippen molar-refractivity contribution in [2.45, 2.75) is 13.0 Å². The minimum absolute atomic E-state index is 0.0252. The number of benzene rings is 1. The maximum Gasteiger partial charge on any atom is 0.172 e. The van der Waals surface area contributed by atoms with Gasteiger partial charge in [0.15, 0.2) is 5.78 Å². The van der Waals surface area contributed by atoms with Crippen LogP contribution in [0.3, 0.4) is 0 Å². The van der Waals surface area contributed by atoms with E-state index < -0.39 is 12.4 Å². The molecule has 0 radical (unpaired) electrons. The molecular formula is C10H9FO3. The minimum Gasteiger partial charge on any atom is -0.492 e. The van der Waals surface area contributed by atoms with E-state index in [1.807, 2.05) is 0 Å². The van der Waals surface area contributed by atoms with E-state index in [1.54, 1.807) is 0 Å². The number of aliphatic hydroxyl groups is 1. The monoisotopic (exact) mass is 196 g/mol. The van der Waals surface area contributed by atoms with Crippen molar-refractivity contribution in [2.24, 2.45) is 0 Å². The van der Waals surface area contributed by atoms with Crippen molar-refractivity contribution in [3.05, 3.63) is 29.1 Å². The van der Waals surface area contributed by atoms with Gasteiger partial charge < -0.3 is 9.84 Å². The molecule has 0 fully saturated rings. The third kappa shape index (κ3) is 1.28. The number of carbonyl (C=O) groups is 1. The number of fused-ring (bicyclic) bond motifs is 1. The van der Waals surface area contributed by atoms with Gasteiger partial charge in [-0.3, -0.25) is 4.79 Å². The van der Waals surface area contributed by atoms with Gasteiger partial charge in [-0.05, 0) is 6.07 Å². The van der Waals surface area contributed by atoms with E-state index in [4.69, 9.17) is 9.84 Å². The molecule has 1 N–H and O–H groups in total. The number of carbonyl (C=O) groups excluding carboxylic acids is 1. The van der Waals surface area contributed by atoms with Crippen LogP contribution >= 0.6 is 0 Å². The highest BCUT2D eigenvalue weighted by Gasteiger charge is 2.24. The molecule has 0 saturated carbocycles. The fourth-order valence-electron chi connectivity index (χ4n) is 1.48. The first-order chi connectivity index (χ1) is 6.74. The average Bonchev–Trinajstić information content (AvgIpc) is 2.18. The predicted octanol–water partition coefficient (Wildman–Crippen LogP) is 1.28. The van der Waals surface area contributed by atoms with E-state index in [9.17, 15) is 9.18 Å². The van der Waals surface area contributed by atoms with Crippen molar-refractivity contribution in [3.8, 4) is 5.75 Å². The van der Waals surface area contributed by atoms with Crippen LogP contribution in [0, 0.1) is 5.82 Å². The minimum atomic E-state index is -0.658. The molecule has 3 nitrogen and oxygen atoms in total. The zero-order valence-electron chi connectivity index (χ0n) is 7.42. The van der Waals surface area contributed by atoms with E-state index in [0.29, 0.717) is 6.61 Å². The van der Waals surface area contributed by atoms with Crippen LogP contribution < -0.4 is 4.74 Å². The normalized spacial score (nSPS) is 14.9. The number of rotatable bonds is 1. The lowest BCUT2D eigenvalue weighted by Crippen LogP contribution is -2.17. The summed E-state index contributed by atoms with van der Waals surface area (Å²) >= 11 is 0. The van der Waals surface area contributed by atoms with Crippen LogP contribution in [0.1, 0.15) is 22.3 Å². The van der Waals surface area contributed by atoms with Gasteiger partial charge in [-0.15, -0.1) is 0 Å². The molecule has 74 valence electrons. The molecule has 4 heteroatoms. The number of hydrogen-bond acceptors (Lipinski definition) is 3. The zero-order chi connectivity index (χ0) is 10.1. The summed E-state index contributed by atoms with van der Waals surface area (Å²) in [6.07, 6.45) is 0.193. The van der Waals surface area contributed by atoms with Crippen molar-refractivity contribution in [1.82, 2.24) is 0 Å². The van der Waals surface area contributed by atoms with E-state index in [0.717, 1.165) is 0 Å². The lowest BCUT2D eigenvalue weighted by molar-refractivity contribution is 0.0927. The number of aliphatic hydroxyl groups excluding tert-OH is 1. The molecule has 0 aliphatic carbocycles. The lowest BCUT2D eigenvalue weighted by Gasteiger charge is -2.17. The number of hydrogen-bond donors (Lipinski definition) is 1. The van der Waals surface area contributed by atoms with Crippen LogP contribution in [0.4, 0.5) is 4.39 Å². The average molecular weight is 196 g/mol. The van der Waals surface area contributed by atoms with E-state index in [1.165, 1.54) is 12.1 Å². The van der Waals surface area contributed by atoms with E-state index >= 15 is 0 Å². The quantitative estimate of drug-likeness (QED) is 0.736. The summed E-state index contributed by atoms with van der Waals surface area (Å²) < 4.78 is 18.7. The van der Waals surface area contributed by atoms with Crippen molar-refractivity contribution in [2.75, 3.05) is 6.61 Å². The van der Waals surface area contributed by atoms with Gasteiger partial charge in [-0.2, -0.15) is 0 Å². The van der Waals surface area contributed by atoms with Crippen LogP contribution in [0.5, 0.6) is 5.75 Å². The SMILES string of the molecule is O=C1CCOc2ccc(CO)c(F)c21. The number of Topliss-reactive ketones (excluding diaryl/α,β-unsaturated/α-hetero) is 1. The Morgan fingerprint density at radius 1 is 1.50 bits per heavy atom. The summed E-state index contributed by atoms with van der Waals surface area (Å²) in [5, 5.41) is 8.81.